The molecule has 0 N–H and O–H groups in total. The summed E-state index contributed by atoms with van der Waals surface area (Å²) in [6.45, 7) is 5.83. The van der Waals surface area contributed by atoms with E-state index in [4.69, 9.17) is 0 Å². The molecule has 0 saturated carbocycles. The van der Waals surface area contributed by atoms with Crippen LogP contribution in [0.15, 0.2) is 52.7 Å². The van der Waals surface area contributed by atoms with Crippen LogP contribution in [0.1, 0.15) is 18.1 Å². The van der Waals surface area contributed by atoms with Gasteiger partial charge in [0, 0.05) is 12.4 Å². The Kier molecular flexibility index (Phi) is 4.02. The maximum atomic E-state index is 12.6. The van der Waals surface area contributed by atoms with Crippen LogP contribution in [0, 0.1) is 19.8 Å². The highest BCUT2D eigenvalue weighted by Crippen LogP contribution is 2.24. The number of hydrogen-bond acceptors (Lipinski definition) is 4. The summed E-state index contributed by atoms with van der Waals surface area (Å²) in [6.07, 6.45) is 3.33. The molecular weight excluding hydrogens is 288 g/mol. The number of anilines is 1. The molecule has 116 valence electrons. The molecule has 0 bridgehead atoms. The van der Waals surface area contributed by atoms with Gasteiger partial charge >= 0.3 is 0 Å². The van der Waals surface area contributed by atoms with Crippen LogP contribution in [-0.2, 0) is 4.79 Å². The van der Waals surface area contributed by atoms with Gasteiger partial charge in [0.1, 0.15) is 5.92 Å². The molecule has 23 heavy (non-hydrogen) atoms. The van der Waals surface area contributed by atoms with Crippen molar-refractivity contribution in [1.29, 1.82) is 0 Å². The molecule has 2 aromatic rings. The van der Waals surface area contributed by atoms with Crippen LogP contribution < -0.4 is 5.01 Å². The first-order valence-corrected chi connectivity index (χ1v) is 7.47. The van der Waals surface area contributed by atoms with Crippen molar-refractivity contribution >= 4 is 29.3 Å². The highest BCUT2D eigenvalue weighted by atomic mass is 16.2. The van der Waals surface area contributed by atoms with Crippen molar-refractivity contribution in [2.45, 2.75) is 20.8 Å². The number of hydrazone groups is 1. The summed E-state index contributed by atoms with van der Waals surface area (Å²) in [5.41, 5.74) is 3.72. The second-order valence-electron chi connectivity index (χ2n) is 5.67. The van der Waals surface area contributed by atoms with Gasteiger partial charge in [-0.15, -0.1) is 0 Å². The number of aliphatic imine (C=N–C) groups is 1. The molecule has 0 radical (unpaired) electrons. The quantitative estimate of drug-likeness (QED) is 0.816. The van der Waals surface area contributed by atoms with Crippen molar-refractivity contribution in [1.82, 2.24) is 4.98 Å². The zero-order chi connectivity index (χ0) is 16.4. The van der Waals surface area contributed by atoms with Gasteiger partial charge in [0.15, 0.2) is 5.82 Å². The van der Waals surface area contributed by atoms with Crippen LogP contribution in [0.25, 0.3) is 0 Å². The van der Waals surface area contributed by atoms with Crippen molar-refractivity contribution in [3.63, 3.8) is 0 Å². The van der Waals surface area contributed by atoms with Crippen LogP contribution in [0.4, 0.5) is 11.5 Å². The molecule has 1 amide bonds. The molecule has 1 aromatic carbocycles. The zero-order valence-corrected chi connectivity index (χ0v) is 13.4. The lowest BCUT2D eigenvalue weighted by molar-refractivity contribution is -0.118. The topological polar surface area (TPSA) is 57.9 Å². The SMILES string of the molecule is CC1=NN(c2ccc(C)cc2)C(=O)[C@@H]1C=Nc1cc(C)ccn1. The van der Waals surface area contributed by atoms with E-state index in [0.717, 1.165) is 22.5 Å². The minimum absolute atomic E-state index is 0.0947. The first kappa shape index (κ1) is 15.1. The van der Waals surface area contributed by atoms with Crippen LogP contribution in [-0.4, -0.2) is 22.8 Å². The van der Waals surface area contributed by atoms with E-state index in [1.165, 1.54) is 5.01 Å². The van der Waals surface area contributed by atoms with E-state index < -0.39 is 5.92 Å². The maximum Gasteiger partial charge on any atom is 0.261 e. The average molecular weight is 306 g/mol. The Hall–Kier alpha value is -2.82. The molecule has 3 rings (SSSR count). The fraction of sp³-hybridized carbons (Fsp3) is 0.222. The first-order valence-electron chi connectivity index (χ1n) is 7.47. The molecule has 0 unspecified atom stereocenters. The normalized spacial score (nSPS) is 17.9. The fourth-order valence-corrected chi connectivity index (χ4v) is 2.36. The third-order valence-electron chi connectivity index (χ3n) is 3.72. The highest BCUT2D eigenvalue weighted by Gasteiger charge is 2.33. The molecular formula is C18H18N4O. The largest absolute Gasteiger partial charge is 0.271 e. The fourth-order valence-electron chi connectivity index (χ4n) is 2.36. The number of carbonyl (C=O) groups excluding carboxylic acids is 1. The molecule has 0 fully saturated rings. The van der Waals surface area contributed by atoms with Crippen LogP contribution in [0.2, 0.25) is 0 Å². The Morgan fingerprint density at radius 1 is 1.09 bits per heavy atom. The third kappa shape index (κ3) is 3.18. The Balaban J connectivity index is 1.81. The smallest absolute Gasteiger partial charge is 0.261 e. The summed E-state index contributed by atoms with van der Waals surface area (Å²) in [4.78, 5) is 21.1. The number of carbonyl (C=O) groups is 1. The zero-order valence-electron chi connectivity index (χ0n) is 13.4. The van der Waals surface area contributed by atoms with Gasteiger partial charge < -0.3 is 0 Å². The predicted molar refractivity (Wildman–Crippen MR) is 92.4 cm³/mol. The standard InChI is InChI=1S/C18H18N4O/c1-12-4-6-15(7-5-12)22-18(23)16(14(3)21-22)11-20-17-10-13(2)8-9-19-17/h4-11,16H,1-3H3/t16-/m1/s1. The maximum absolute atomic E-state index is 12.6. The van der Waals surface area contributed by atoms with Gasteiger partial charge in [-0.1, -0.05) is 17.7 Å². The predicted octanol–water partition coefficient (Wildman–Crippen LogP) is 3.44. The van der Waals surface area contributed by atoms with Crippen molar-refractivity contribution in [2.75, 3.05) is 5.01 Å². The minimum atomic E-state index is -0.446. The lowest BCUT2D eigenvalue weighted by Crippen LogP contribution is -2.27. The average Bonchev–Trinajstić information content (AvgIpc) is 2.81. The number of pyridine rings is 1. The van der Waals surface area contributed by atoms with Crippen LogP contribution >= 0.6 is 0 Å². The van der Waals surface area contributed by atoms with E-state index in [2.05, 4.69) is 15.1 Å². The summed E-state index contributed by atoms with van der Waals surface area (Å²) in [6, 6.07) is 11.5. The number of aromatic nitrogens is 1. The van der Waals surface area contributed by atoms with Gasteiger partial charge in [0.05, 0.1) is 11.4 Å². The molecule has 1 atom stereocenters. The Morgan fingerprint density at radius 2 is 1.83 bits per heavy atom. The molecule has 1 aliphatic rings. The Bertz CT molecular complexity index is 793. The second kappa shape index (κ2) is 6.12. The Morgan fingerprint density at radius 3 is 2.52 bits per heavy atom. The van der Waals surface area contributed by atoms with Crippen LogP contribution in [0.3, 0.4) is 0 Å². The number of nitrogens with zero attached hydrogens (tertiary/aromatic N) is 4. The molecule has 0 aliphatic carbocycles. The van der Waals surface area contributed by atoms with Crippen LogP contribution in [0.5, 0.6) is 0 Å². The van der Waals surface area contributed by atoms with E-state index >= 15 is 0 Å². The monoisotopic (exact) mass is 306 g/mol. The second-order valence-corrected chi connectivity index (χ2v) is 5.67. The summed E-state index contributed by atoms with van der Waals surface area (Å²) in [5.74, 6) is 0.0563. The highest BCUT2D eigenvalue weighted by molar-refractivity contribution is 6.23. The Labute approximate surface area is 135 Å². The van der Waals surface area contributed by atoms with Crippen molar-refractivity contribution in [3.05, 3.63) is 53.7 Å². The number of hydrogen-bond donors (Lipinski definition) is 0. The van der Waals surface area contributed by atoms with Crippen molar-refractivity contribution < 1.29 is 4.79 Å². The van der Waals surface area contributed by atoms with E-state index in [1.807, 2.05) is 57.2 Å². The van der Waals surface area contributed by atoms with Crippen molar-refractivity contribution in [3.8, 4) is 0 Å². The van der Waals surface area contributed by atoms with Crippen molar-refractivity contribution in [2.24, 2.45) is 16.0 Å². The van der Waals surface area contributed by atoms with E-state index in [1.54, 1.807) is 12.4 Å². The molecule has 5 nitrogen and oxygen atoms in total. The van der Waals surface area contributed by atoms with E-state index in [0.29, 0.717) is 5.82 Å². The number of benzene rings is 1. The van der Waals surface area contributed by atoms with Gasteiger partial charge in [-0.25, -0.2) is 9.98 Å². The van der Waals surface area contributed by atoms with Gasteiger partial charge in [-0.3, -0.25) is 4.79 Å². The summed E-state index contributed by atoms with van der Waals surface area (Å²) in [5, 5.41) is 5.81. The number of rotatable bonds is 3. The minimum Gasteiger partial charge on any atom is -0.271 e. The van der Waals surface area contributed by atoms with Gasteiger partial charge in [-0.05, 0) is 50.6 Å². The molecule has 0 saturated heterocycles. The summed E-state index contributed by atoms with van der Waals surface area (Å²) >= 11 is 0. The third-order valence-corrected chi connectivity index (χ3v) is 3.72. The summed E-state index contributed by atoms with van der Waals surface area (Å²) < 4.78 is 0. The lowest BCUT2D eigenvalue weighted by Gasteiger charge is -2.12. The number of amides is 1. The first-order chi connectivity index (χ1) is 11.0. The summed E-state index contributed by atoms with van der Waals surface area (Å²) in [7, 11) is 0. The molecule has 0 spiro atoms. The lowest BCUT2D eigenvalue weighted by atomic mass is 10.1. The molecule has 1 aromatic heterocycles. The van der Waals surface area contributed by atoms with Gasteiger partial charge in [0.25, 0.3) is 5.91 Å². The molecule has 5 heteroatoms. The van der Waals surface area contributed by atoms with Gasteiger partial charge in [0.2, 0.25) is 0 Å². The molecule has 2 heterocycles. The van der Waals surface area contributed by atoms with E-state index in [9.17, 15) is 4.79 Å². The molecule has 1 aliphatic heterocycles. The van der Waals surface area contributed by atoms with E-state index in [-0.39, 0.29) is 5.91 Å². The number of aryl methyl sites for hydroxylation is 2. The van der Waals surface area contributed by atoms with Gasteiger partial charge in [-0.2, -0.15) is 10.1 Å².